The summed E-state index contributed by atoms with van der Waals surface area (Å²) < 4.78 is 25.0. The molecular formula is C18H24FN3O5. The Bertz CT molecular complexity index is 696. The molecule has 2 amide bonds. The molecule has 3 N–H and O–H groups in total. The molecule has 2 atom stereocenters. The molecule has 2 aliphatic heterocycles. The third kappa shape index (κ3) is 4.86. The Hall–Kier alpha value is -2.39. The van der Waals surface area contributed by atoms with E-state index in [0.29, 0.717) is 5.69 Å². The Morgan fingerprint density at radius 3 is 2.89 bits per heavy atom. The number of benzene rings is 1. The maximum Gasteiger partial charge on any atom is 0.414 e. The van der Waals surface area contributed by atoms with E-state index >= 15 is 0 Å². The minimum Gasteiger partial charge on any atom is -0.462 e. The van der Waals surface area contributed by atoms with Crippen molar-refractivity contribution in [3.63, 3.8) is 0 Å². The smallest absolute Gasteiger partial charge is 0.414 e. The van der Waals surface area contributed by atoms with E-state index in [1.165, 1.54) is 30.0 Å². The van der Waals surface area contributed by atoms with Crippen LogP contribution >= 0.6 is 0 Å². The van der Waals surface area contributed by atoms with Crippen LogP contribution in [0.3, 0.4) is 0 Å². The van der Waals surface area contributed by atoms with Crippen LogP contribution < -0.4 is 20.3 Å². The molecule has 1 unspecified atom stereocenters. The van der Waals surface area contributed by atoms with Crippen molar-refractivity contribution in [2.75, 3.05) is 31.1 Å². The van der Waals surface area contributed by atoms with Crippen molar-refractivity contribution in [3.8, 4) is 5.75 Å². The maximum atomic E-state index is 14.4. The molecule has 8 nitrogen and oxygen atoms in total. The van der Waals surface area contributed by atoms with Gasteiger partial charge in [-0.2, -0.15) is 0 Å². The van der Waals surface area contributed by atoms with Crippen molar-refractivity contribution in [2.45, 2.75) is 32.2 Å². The van der Waals surface area contributed by atoms with Gasteiger partial charge in [-0.1, -0.05) is 0 Å². The summed E-state index contributed by atoms with van der Waals surface area (Å²) in [6.07, 6.45) is -0.659. The second-order valence-corrected chi connectivity index (χ2v) is 6.76. The number of hydrogen-bond acceptors (Lipinski definition) is 6. The van der Waals surface area contributed by atoms with Crippen molar-refractivity contribution in [1.29, 1.82) is 0 Å². The molecule has 1 aromatic rings. The molecule has 1 aromatic carbocycles. The molecule has 2 saturated heterocycles. The number of ether oxygens (including phenoxy) is 2. The first kappa shape index (κ1) is 19.4. The predicted molar refractivity (Wildman–Crippen MR) is 94.9 cm³/mol. The summed E-state index contributed by atoms with van der Waals surface area (Å²) in [4.78, 5) is 24.3. The van der Waals surface area contributed by atoms with Crippen molar-refractivity contribution in [1.82, 2.24) is 10.6 Å². The maximum absolute atomic E-state index is 14.4. The standard InChI is InChI=1S/C18H24FN3O5/c1-11(23)21-9-14-10-22(18(25)26-14)13-2-3-16(15(19)8-13)27-17(24)12-4-6-20-7-5-12/h2-3,8,12,14,17,20,24H,4-7,9-10H2,1H3,(H,21,23)/t14-,17?/m0/s1. The van der Waals surface area contributed by atoms with E-state index in [1.807, 2.05) is 0 Å². The average molecular weight is 381 g/mol. The van der Waals surface area contributed by atoms with E-state index in [-0.39, 0.29) is 30.7 Å². The van der Waals surface area contributed by atoms with E-state index in [2.05, 4.69) is 10.6 Å². The fourth-order valence-electron chi connectivity index (χ4n) is 3.21. The van der Waals surface area contributed by atoms with Crippen LogP contribution in [0.1, 0.15) is 19.8 Å². The van der Waals surface area contributed by atoms with E-state index in [4.69, 9.17) is 9.47 Å². The molecule has 27 heavy (non-hydrogen) atoms. The lowest BCUT2D eigenvalue weighted by atomic mass is 9.97. The van der Waals surface area contributed by atoms with Crippen LogP contribution in [0, 0.1) is 11.7 Å². The second-order valence-electron chi connectivity index (χ2n) is 6.76. The quantitative estimate of drug-likeness (QED) is 0.636. The molecule has 0 spiro atoms. The number of nitrogens with zero attached hydrogens (tertiary/aromatic N) is 1. The largest absolute Gasteiger partial charge is 0.462 e. The highest BCUT2D eigenvalue weighted by atomic mass is 19.1. The number of rotatable bonds is 6. The number of hydrogen-bond donors (Lipinski definition) is 3. The molecule has 0 radical (unpaired) electrons. The number of anilines is 1. The lowest BCUT2D eigenvalue weighted by Crippen LogP contribution is -2.36. The van der Waals surface area contributed by atoms with Crippen molar-refractivity contribution in [2.24, 2.45) is 5.92 Å². The Morgan fingerprint density at radius 1 is 1.48 bits per heavy atom. The zero-order chi connectivity index (χ0) is 19.4. The number of aliphatic hydroxyl groups excluding tert-OH is 1. The summed E-state index contributed by atoms with van der Waals surface area (Å²) in [5.41, 5.74) is 0.325. The van der Waals surface area contributed by atoms with Crippen LogP contribution in [0.5, 0.6) is 5.75 Å². The first-order valence-electron chi connectivity index (χ1n) is 9.01. The molecule has 2 heterocycles. The average Bonchev–Trinajstić information content (AvgIpc) is 3.03. The summed E-state index contributed by atoms with van der Waals surface area (Å²) in [5, 5.41) is 16.0. The van der Waals surface area contributed by atoms with Crippen LogP contribution in [0.15, 0.2) is 18.2 Å². The Balaban J connectivity index is 1.62. The lowest BCUT2D eigenvalue weighted by molar-refractivity contribution is -0.119. The summed E-state index contributed by atoms with van der Waals surface area (Å²) in [6.45, 7) is 3.37. The number of cyclic esters (lactones) is 1. The van der Waals surface area contributed by atoms with Gasteiger partial charge in [0.15, 0.2) is 17.9 Å². The summed E-state index contributed by atoms with van der Waals surface area (Å²) in [6, 6.07) is 4.10. The number of carbonyl (C=O) groups excluding carboxylic acids is 2. The molecule has 148 valence electrons. The predicted octanol–water partition coefficient (Wildman–Crippen LogP) is 0.984. The van der Waals surface area contributed by atoms with Gasteiger partial charge in [-0.3, -0.25) is 9.69 Å². The first-order valence-corrected chi connectivity index (χ1v) is 9.01. The highest BCUT2D eigenvalue weighted by molar-refractivity contribution is 5.89. The summed E-state index contributed by atoms with van der Waals surface area (Å²) in [7, 11) is 0. The summed E-state index contributed by atoms with van der Waals surface area (Å²) in [5.74, 6) is -0.997. The number of piperidine rings is 1. The van der Waals surface area contributed by atoms with Gasteiger partial charge >= 0.3 is 6.09 Å². The van der Waals surface area contributed by atoms with Crippen LogP contribution in [-0.2, 0) is 9.53 Å². The number of nitrogens with one attached hydrogen (secondary N) is 2. The molecular weight excluding hydrogens is 357 g/mol. The topological polar surface area (TPSA) is 100 Å². The normalized spacial score (nSPS) is 21.7. The van der Waals surface area contributed by atoms with Crippen molar-refractivity contribution in [3.05, 3.63) is 24.0 Å². The minimum atomic E-state index is -1.08. The molecule has 3 rings (SSSR count). The molecule has 0 saturated carbocycles. The van der Waals surface area contributed by atoms with Gasteiger partial charge < -0.3 is 25.2 Å². The van der Waals surface area contributed by atoms with E-state index in [0.717, 1.165) is 25.9 Å². The van der Waals surface area contributed by atoms with Crippen LogP contribution in [0.25, 0.3) is 0 Å². The Kier molecular flexibility index (Phi) is 6.12. The SMILES string of the molecule is CC(=O)NC[C@H]1CN(c2ccc(OC(O)C3CCNCC3)c(F)c2)C(=O)O1. The van der Waals surface area contributed by atoms with Crippen molar-refractivity contribution >= 4 is 17.7 Å². The minimum absolute atomic E-state index is 0.0478. The lowest BCUT2D eigenvalue weighted by Gasteiger charge is -2.27. The number of aliphatic hydroxyl groups is 1. The van der Waals surface area contributed by atoms with Gasteiger partial charge in [-0.25, -0.2) is 9.18 Å². The Labute approximate surface area is 156 Å². The fraction of sp³-hybridized carbons (Fsp3) is 0.556. The van der Waals surface area contributed by atoms with Gasteiger partial charge in [-0.05, 0) is 38.1 Å². The van der Waals surface area contributed by atoms with Gasteiger partial charge in [0, 0.05) is 18.9 Å². The van der Waals surface area contributed by atoms with E-state index in [9.17, 15) is 19.1 Å². The van der Waals surface area contributed by atoms with E-state index < -0.39 is 24.3 Å². The van der Waals surface area contributed by atoms with Crippen molar-refractivity contribution < 1.29 is 28.6 Å². The van der Waals surface area contributed by atoms with Gasteiger partial charge in [-0.15, -0.1) is 0 Å². The zero-order valence-corrected chi connectivity index (χ0v) is 15.1. The number of amides is 2. The van der Waals surface area contributed by atoms with Gasteiger partial charge in [0.25, 0.3) is 0 Å². The molecule has 0 bridgehead atoms. The molecule has 2 fully saturated rings. The number of carbonyl (C=O) groups is 2. The molecule has 9 heteroatoms. The van der Waals surface area contributed by atoms with Crippen LogP contribution in [0.4, 0.5) is 14.9 Å². The Morgan fingerprint density at radius 2 is 2.22 bits per heavy atom. The first-order chi connectivity index (χ1) is 12.9. The third-order valence-corrected chi connectivity index (χ3v) is 4.71. The van der Waals surface area contributed by atoms with Gasteiger partial charge in [0.1, 0.15) is 6.10 Å². The van der Waals surface area contributed by atoms with Gasteiger partial charge in [0.05, 0.1) is 18.8 Å². The molecule has 0 aliphatic carbocycles. The van der Waals surface area contributed by atoms with Crippen LogP contribution in [0.2, 0.25) is 0 Å². The molecule has 0 aromatic heterocycles. The third-order valence-electron chi connectivity index (χ3n) is 4.71. The van der Waals surface area contributed by atoms with Crippen LogP contribution in [-0.4, -0.2) is 55.7 Å². The second kappa shape index (κ2) is 8.53. The monoisotopic (exact) mass is 381 g/mol. The summed E-state index contributed by atoms with van der Waals surface area (Å²) >= 11 is 0. The molecule has 2 aliphatic rings. The highest BCUT2D eigenvalue weighted by Gasteiger charge is 2.33. The number of halogens is 1. The van der Waals surface area contributed by atoms with E-state index in [1.54, 1.807) is 0 Å². The zero-order valence-electron chi connectivity index (χ0n) is 15.1. The fourth-order valence-corrected chi connectivity index (χ4v) is 3.21. The highest BCUT2D eigenvalue weighted by Crippen LogP contribution is 2.29. The van der Waals surface area contributed by atoms with Gasteiger partial charge in [0.2, 0.25) is 5.91 Å².